The molecule has 0 bridgehead atoms. The highest BCUT2D eigenvalue weighted by molar-refractivity contribution is 5.99. The van der Waals surface area contributed by atoms with Gasteiger partial charge in [-0.05, 0) is 55.5 Å². The zero-order valence-corrected chi connectivity index (χ0v) is 20.5. The summed E-state index contributed by atoms with van der Waals surface area (Å²) in [7, 11) is 0. The summed E-state index contributed by atoms with van der Waals surface area (Å²) in [5.41, 5.74) is 1.16. The van der Waals surface area contributed by atoms with Gasteiger partial charge in [-0.25, -0.2) is 0 Å². The van der Waals surface area contributed by atoms with Crippen molar-refractivity contribution in [2.24, 2.45) is 0 Å². The first-order valence-corrected chi connectivity index (χ1v) is 12.4. The molecule has 0 radical (unpaired) electrons. The number of likely N-dealkylation sites (tertiary alicyclic amines) is 1. The lowest BCUT2D eigenvalue weighted by Gasteiger charge is -2.31. The molecule has 2 N–H and O–H groups in total. The molecule has 2 saturated heterocycles. The highest BCUT2D eigenvalue weighted by atomic mass is 16.5. The van der Waals surface area contributed by atoms with Crippen molar-refractivity contribution in [3.8, 4) is 0 Å². The number of nitrogens with one attached hydrogen (secondary N) is 2. The van der Waals surface area contributed by atoms with E-state index in [2.05, 4.69) is 29.4 Å². The second-order valence-corrected chi connectivity index (χ2v) is 10.2. The van der Waals surface area contributed by atoms with E-state index in [4.69, 9.17) is 4.74 Å². The number of hydrogen-bond donors (Lipinski definition) is 2. The molecule has 35 heavy (non-hydrogen) atoms. The molecule has 7 nitrogen and oxygen atoms in total. The summed E-state index contributed by atoms with van der Waals surface area (Å²) in [5, 5.41) is 5.85. The third-order valence-corrected chi connectivity index (χ3v) is 7.02. The Morgan fingerprint density at radius 1 is 1.03 bits per heavy atom. The maximum atomic E-state index is 13.6. The van der Waals surface area contributed by atoms with E-state index in [1.54, 1.807) is 24.3 Å². The maximum absolute atomic E-state index is 13.6. The number of benzene rings is 2. The highest BCUT2D eigenvalue weighted by Crippen LogP contribution is 2.29. The molecule has 2 fully saturated rings. The quantitative estimate of drug-likeness (QED) is 0.580. The molecular formula is C28H35N3O4. The van der Waals surface area contributed by atoms with E-state index in [1.807, 2.05) is 36.4 Å². The molecule has 4 rings (SSSR count). The van der Waals surface area contributed by atoms with Crippen LogP contribution in [0.5, 0.6) is 0 Å². The Balaban J connectivity index is 1.51. The largest absolute Gasteiger partial charge is 0.366 e. The summed E-state index contributed by atoms with van der Waals surface area (Å²) in [5.74, 6) is -0.816. The Morgan fingerprint density at radius 3 is 2.31 bits per heavy atom. The Hall–Kier alpha value is -3.03. The van der Waals surface area contributed by atoms with Gasteiger partial charge in [0.25, 0.3) is 5.91 Å². The van der Waals surface area contributed by atoms with Crippen molar-refractivity contribution in [2.45, 2.75) is 56.7 Å². The maximum Gasteiger partial charge on any atom is 0.251 e. The molecule has 186 valence electrons. The number of carbonyl (C=O) groups excluding carboxylic acids is 3. The molecule has 0 saturated carbocycles. The lowest BCUT2D eigenvalue weighted by Crippen LogP contribution is -2.56. The third-order valence-electron chi connectivity index (χ3n) is 7.02. The molecule has 0 aromatic heterocycles. The van der Waals surface area contributed by atoms with Crippen LogP contribution in [0, 0.1) is 0 Å². The zero-order chi connectivity index (χ0) is 24.8. The lowest BCUT2D eigenvalue weighted by molar-refractivity contribution is -0.128. The molecule has 2 heterocycles. The van der Waals surface area contributed by atoms with Gasteiger partial charge < -0.3 is 20.3 Å². The van der Waals surface area contributed by atoms with E-state index in [9.17, 15) is 14.4 Å². The molecule has 2 unspecified atom stereocenters. The van der Waals surface area contributed by atoms with Crippen LogP contribution in [-0.4, -0.2) is 66.9 Å². The number of hydrogen-bond acceptors (Lipinski definition) is 5. The van der Waals surface area contributed by atoms with E-state index in [0.717, 1.165) is 31.5 Å². The third kappa shape index (κ3) is 6.35. The van der Waals surface area contributed by atoms with Gasteiger partial charge in [0.05, 0.1) is 6.10 Å². The first-order chi connectivity index (χ1) is 16.8. The van der Waals surface area contributed by atoms with E-state index in [-0.39, 0.29) is 30.3 Å². The van der Waals surface area contributed by atoms with Crippen molar-refractivity contribution in [1.82, 2.24) is 15.5 Å². The number of ketones is 1. The van der Waals surface area contributed by atoms with Crippen LogP contribution in [0.2, 0.25) is 0 Å². The van der Waals surface area contributed by atoms with Gasteiger partial charge in [-0.1, -0.05) is 62.4 Å². The summed E-state index contributed by atoms with van der Waals surface area (Å²) in [6.45, 7) is 6.69. The summed E-state index contributed by atoms with van der Waals surface area (Å²) in [4.78, 5) is 41.4. The van der Waals surface area contributed by atoms with E-state index >= 15 is 0 Å². The van der Waals surface area contributed by atoms with Crippen LogP contribution in [-0.2, 0) is 19.7 Å². The second-order valence-electron chi connectivity index (χ2n) is 10.2. The monoisotopic (exact) mass is 477 g/mol. The van der Waals surface area contributed by atoms with Crippen molar-refractivity contribution in [3.05, 3.63) is 71.8 Å². The van der Waals surface area contributed by atoms with Crippen molar-refractivity contribution < 1.29 is 19.1 Å². The van der Waals surface area contributed by atoms with Gasteiger partial charge in [-0.15, -0.1) is 0 Å². The van der Waals surface area contributed by atoms with Gasteiger partial charge in [0.2, 0.25) is 5.91 Å². The molecule has 2 amide bonds. The van der Waals surface area contributed by atoms with Crippen LogP contribution in [0.4, 0.5) is 0 Å². The molecule has 0 spiro atoms. The van der Waals surface area contributed by atoms with Crippen molar-refractivity contribution in [3.63, 3.8) is 0 Å². The smallest absolute Gasteiger partial charge is 0.251 e. The van der Waals surface area contributed by atoms with Gasteiger partial charge in [-0.3, -0.25) is 14.4 Å². The number of rotatable bonds is 9. The Labute approximate surface area is 207 Å². The van der Waals surface area contributed by atoms with E-state index in [1.165, 1.54) is 0 Å². The van der Waals surface area contributed by atoms with Crippen LogP contribution in [0.1, 0.15) is 49.0 Å². The van der Waals surface area contributed by atoms with Crippen LogP contribution in [0.3, 0.4) is 0 Å². The van der Waals surface area contributed by atoms with Gasteiger partial charge in [0.1, 0.15) is 18.7 Å². The number of carbonyl (C=O) groups is 3. The minimum atomic E-state index is -0.821. The summed E-state index contributed by atoms with van der Waals surface area (Å²) < 4.78 is 5.75. The van der Waals surface area contributed by atoms with E-state index < -0.39 is 17.5 Å². The minimum absolute atomic E-state index is 0.00000285. The number of ether oxygens (including phenoxy) is 1. The summed E-state index contributed by atoms with van der Waals surface area (Å²) in [6.07, 6.45) is 2.27. The van der Waals surface area contributed by atoms with Crippen LogP contribution >= 0.6 is 0 Å². The van der Waals surface area contributed by atoms with Gasteiger partial charge >= 0.3 is 0 Å². The van der Waals surface area contributed by atoms with Crippen LogP contribution in [0.15, 0.2) is 60.7 Å². The fourth-order valence-electron chi connectivity index (χ4n) is 4.95. The molecule has 2 aromatic carbocycles. The Bertz CT molecular complexity index is 1020. The lowest BCUT2D eigenvalue weighted by atomic mass is 9.78. The van der Waals surface area contributed by atoms with Crippen molar-refractivity contribution in [2.75, 3.05) is 26.2 Å². The molecule has 7 heteroatoms. The molecule has 2 aliphatic heterocycles. The van der Waals surface area contributed by atoms with Crippen molar-refractivity contribution >= 4 is 17.6 Å². The predicted molar refractivity (Wildman–Crippen MR) is 134 cm³/mol. The van der Waals surface area contributed by atoms with E-state index in [0.29, 0.717) is 18.5 Å². The first-order valence-electron chi connectivity index (χ1n) is 12.4. The zero-order valence-electron chi connectivity index (χ0n) is 20.5. The number of nitrogens with zero attached hydrogens (tertiary/aromatic N) is 1. The summed E-state index contributed by atoms with van der Waals surface area (Å²) >= 11 is 0. The highest BCUT2D eigenvalue weighted by Gasteiger charge is 2.40. The number of amides is 2. The van der Waals surface area contributed by atoms with Gasteiger partial charge in [0, 0.05) is 12.1 Å². The number of Topliss-reactive ketones (excluding diaryl/α,β-unsaturated/α-hetero) is 1. The normalized spacial score (nSPS) is 21.6. The molecule has 3 atom stereocenters. The average molecular weight is 478 g/mol. The Kier molecular flexibility index (Phi) is 7.98. The van der Waals surface area contributed by atoms with Crippen molar-refractivity contribution in [1.29, 1.82) is 0 Å². The predicted octanol–water partition coefficient (Wildman–Crippen LogP) is 2.70. The molecule has 2 aromatic rings. The average Bonchev–Trinajstić information content (AvgIpc) is 3.50. The minimum Gasteiger partial charge on any atom is -0.366 e. The van der Waals surface area contributed by atoms with Crippen LogP contribution < -0.4 is 10.6 Å². The standard InChI is InChI=1S/C28H35N3O4/c1-28(2,21-13-7-4-8-14-21)17-22(29-26(33)20-11-5-3-6-12-20)27(34)30-25-23(32)19-35-24(25)18-31-15-9-10-16-31/h3-8,11-14,22,24-25H,9-10,15-19H2,1-2H3,(H,29,33)(H,30,34)/t22?,24-,25?/m0/s1. The fourth-order valence-corrected chi connectivity index (χ4v) is 4.95. The topological polar surface area (TPSA) is 87.7 Å². The SMILES string of the molecule is CC(C)(CC(NC(=O)c1ccccc1)C(=O)NC1C(=O)CO[C@H]1CN1CCCC1)c1ccccc1. The van der Waals surface area contributed by atoms with Crippen LogP contribution in [0.25, 0.3) is 0 Å². The summed E-state index contributed by atoms with van der Waals surface area (Å²) in [6, 6.07) is 17.2. The second kappa shape index (κ2) is 11.1. The molecule has 0 aliphatic carbocycles. The first kappa shape index (κ1) is 25.1. The Morgan fingerprint density at radius 2 is 1.66 bits per heavy atom. The van der Waals surface area contributed by atoms with Gasteiger partial charge in [0.15, 0.2) is 5.78 Å². The fraction of sp³-hybridized carbons (Fsp3) is 0.464. The van der Waals surface area contributed by atoms with Gasteiger partial charge in [-0.2, -0.15) is 0 Å². The molecular weight excluding hydrogens is 442 g/mol. The molecule has 2 aliphatic rings.